The number of imidazole rings is 1. The first-order valence-corrected chi connectivity index (χ1v) is 13.0. The number of hydrogen-bond acceptors (Lipinski definition) is 5. The number of carbonyl (C=O) groups excluding carboxylic acids is 1. The lowest BCUT2D eigenvalue weighted by Crippen LogP contribution is -2.64. The third kappa shape index (κ3) is 3.51. The largest absolute Gasteiger partial charge is 0.370 e. The second-order valence-electron chi connectivity index (χ2n) is 11.5. The van der Waals surface area contributed by atoms with Crippen molar-refractivity contribution in [1.29, 1.82) is 0 Å². The molecule has 0 atom stereocenters. The molecule has 1 amide bonds. The summed E-state index contributed by atoms with van der Waals surface area (Å²) < 4.78 is 2.13. The topological polar surface area (TPSA) is 47.3 Å². The average molecular weight is 471 g/mol. The van der Waals surface area contributed by atoms with E-state index in [2.05, 4.69) is 55.4 Å². The number of piperazine rings is 1. The molecule has 7 heteroatoms. The number of carbonyl (C=O) groups is 1. The number of aromatic nitrogens is 2. The standard InChI is InChI=1S/C28H34N6O/c1-20-11-26-29-5-6-33(26)17-25(20)32-9-7-31(8-10-32)15-21-13-28(14-21)18-34(19-28)23-3-4-24-22(12-23)16-30(2)27(24)35/h3-6,11-12,17,21H,7-10,13-16,18-19H2,1-2H3. The second-order valence-corrected chi connectivity index (χ2v) is 11.5. The Hall–Kier alpha value is -3.06. The van der Waals surface area contributed by atoms with Gasteiger partial charge in [-0.2, -0.15) is 0 Å². The molecule has 2 saturated heterocycles. The van der Waals surface area contributed by atoms with E-state index in [0.29, 0.717) is 5.41 Å². The highest BCUT2D eigenvalue weighted by Gasteiger charge is 2.52. The van der Waals surface area contributed by atoms with Crippen molar-refractivity contribution in [3.63, 3.8) is 0 Å². The van der Waals surface area contributed by atoms with E-state index >= 15 is 0 Å². The van der Waals surface area contributed by atoms with Gasteiger partial charge in [-0.25, -0.2) is 4.98 Å². The van der Waals surface area contributed by atoms with Crippen LogP contribution in [0.2, 0.25) is 0 Å². The normalized spacial score (nSPS) is 22.1. The Kier molecular flexibility index (Phi) is 4.68. The fraction of sp³-hybridized carbons (Fsp3) is 0.500. The number of fused-ring (bicyclic) bond motifs is 2. The Labute approximate surface area is 206 Å². The molecule has 3 fully saturated rings. The van der Waals surface area contributed by atoms with Crippen molar-refractivity contribution in [3.05, 3.63) is 59.5 Å². The monoisotopic (exact) mass is 470 g/mol. The molecule has 1 spiro atoms. The Balaban J connectivity index is 0.898. The summed E-state index contributed by atoms with van der Waals surface area (Å²) in [5.74, 6) is 1.00. The van der Waals surface area contributed by atoms with E-state index in [0.717, 1.165) is 49.9 Å². The predicted molar refractivity (Wildman–Crippen MR) is 138 cm³/mol. The summed E-state index contributed by atoms with van der Waals surface area (Å²) in [6.45, 7) is 11.1. The molecular weight excluding hydrogens is 436 g/mol. The molecule has 0 N–H and O–H groups in total. The van der Waals surface area contributed by atoms with Gasteiger partial charge in [-0.3, -0.25) is 9.69 Å². The summed E-state index contributed by atoms with van der Waals surface area (Å²) in [6.07, 6.45) is 8.88. The van der Waals surface area contributed by atoms with E-state index < -0.39 is 0 Å². The highest BCUT2D eigenvalue weighted by Crippen LogP contribution is 2.53. The van der Waals surface area contributed by atoms with E-state index in [1.165, 1.54) is 55.0 Å². The highest BCUT2D eigenvalue weighted by atomic mass is 16.2. The molecule has 1 saturated carbocycles. The number of pyridine rings is 1. The Bertz CT molecular complexity index is 1290. The first kappa shape index (κ1) is 21.2. The summed E-state index contributed by atoms with van der Waals surface area (Å²) in [5.41, 5.74) is 7.58. The van der Waals surface area contributed by atoms with Crippen LogP contribution in [-0.4, -0.2) is 78.0 Å². The van der Waals surface area contributed by atoms with Crippen molar-refractivity contribution in [2.75, 3.05) is 62.7 Å². The molecule has 4 aliphatic rings. The lowest BCUT2D eigenvalue weighted by molar-refractivity contribution is 0.00320. The molecule has 3 aromatic rings. The summed E-state index contributed by atoms with van der Waals surface area (Å²) in [4.78, 5) is 26.1. The van der Waals surface area contributed by atoms with Gasteiger partial charge in [-0.15, -0.1) is 0 Å². The molecule has 0 unspecified atom stereocenters. The van der Waals surface area contributed by atoms with E-state index in [-0.39, 0.29) is 5.91 Å². The van der Waals surface area contributed by atoms with Crippen molar-refractivity contribution in [2.24, 2.45) is 11.3 Å². The van der Waals surface area contributed by atoms with E-state index in [4.69, 9.17) is 0 Å². The van der Waals surface area contributed by atoms with Crippen LogP contribution in [0.25, 0.3) is 5.65 Å². The Morgan fingerprint density at radius 2 is 1.86 bits per heavy atom. The minimum absolute atomic E-state index is 0.156. The van der Waals surface area contributed by atoms with Gasteiger partial charge in [0.1, 0.15) is 5.65 Å². The molecule has 2 aromatic heterocycles. The van der Waals surface area contributed by atoms with Gasteiger partial charge in [0.2, 0.25) is 0 Å². The molecule has 7 rings (SSSR count). The maximum absolute atomic E-state index is 12.2. The van der Waals surface area contributed by atoms with Crippen LogP contribution < -0.4 is 9.80 Å². The zero-order valence-corrected chi connectivity index (χ0v) is 20.8. The number of amides is 1. The molecule has 3 aliphatic heterocycles. The zero-order valence-electron chi connectivity index (χ0n) is 20.8. The van der Waals surface area contributed by atoms with Gasteiger partial charge >= 0.3 is 0 Å². The van der Waals surface area contributed by atoms with Crippen LogP contribution in [0.1, 0.15) is 34.3 Å². The van der Waals surface area contributed by atoms with Crippen molar-refractivity contribution < 1.29 is 4.79 Å². The molecule has 1 aromatic carbocycles. The van der Waals surface area contributed by atoms with E-state index in [9.17, 15) is 4.79 Å². The highest BCUT2D eigenvalue weighted by molar-refractivity contribution is 5.98. The third-order valence-electron chi connectivity index (χ3n) is 8.87. The number of rotatable bonds is 4. The average Bonchev–Trinajstić information content (AvgIpc) is 3.37. The quantitative estimate of drug-likeness (QED) is 0.586. The van der Waals surface area contributed by atoms with Gasteiger partial charge in [0, 0.05) is 94.7 Å². The summed E-state index contributed by atoms with van der Waals surface area (Å²) in [5, 5.41) is 0. The van der Waals surface area contributed by atoms with Gasteiger partial charge in [-0.05, 0) is 61.1 Å². The molecule has 35 heavy (non-hydrogen) atoms. The molecule has 1 aliphatic carbocycles. The maximum atomic E-state index is 12.2. The lowest BCUT2D eigenvalue weighted by atomic mass is 9.57. The lowest BCUT2D eigenvalue weighted by Gasteiger charge is -2.60. The van der Waals surface area contributed by atoms with Crippen molar-refractivity contribution in [3.8, 4) is 0 Å². The number of hydrogen-bond donors (Lipinski definition) is 0. The zero-order chi connectivity index (χ0) is 23.7. The van der Waals surface area contributed by atoms with Crippen LogP contribution in [0.15, 0.2) is 42.9 Å². The summed E-state index contributed by atoms with van der Waals surface area (Å²) in [7, 11) is 1.89. The van der Waals surface area contributed by atoms with Crippen molar-refractivity contribution in [1.82, 2.24) is 19.2 Å². The van der Waals surface area contributed by atoms with Crippen molar-refractivity contribution in [2.45, 2.75) is 26.3 Å². The number of aryl methyl sites for hydroxylation is 1. The van der Waals surface area contributed by atoms with Crippen molar-refractivity contribution >= 4 is 22.9 Å². The van der Waals surface area contributed by atoms with E-state index in [1.807, 2.05) is 30.4 Å². The SMILES string of the molecule is Cc1cc2nccn2cc1N1CCN(CC2CC3(C2)CN(c2ccc4c(c2)CN(C)C4=O)C3)CC1. The minimum atomic E-state index is 0.156. The van der Waals surface area contributed by atoms with Crippen LogP contribution in [0.4, 0.5) is 11.4 Å². The van der Waals surface area contributed by atoms with Crippen LogP contribution in [0.3, 0.4) is 0 Å². The Morgan fingerprint density at radius 3 is 2.66 bits per heavy atom. The number of anilines is 2. The fourth-order valence-electron chi connectivity index (χ4n) is 7.06. The molecule has 0 radical (unpaired) electrons. The van der Waals surface area contributed by atoms with Gasteiger partial charge in [-0.1, -0.05) is 0 Å². The van der Waals surface area contributed by atoms with Gasteiger partial charge in [0.15, 0.2) is 0 Å². The molecule has 0 bridgehead atoms. The van der Waals surface area contributed by atoms with Crippen LogP contribution in [-0.2, 0) is 6.54 Å². The smallest absolute Gasteiger partial charge is 0.254 e. The minimum Gasteiger partial charge on any atom is -0.370 e. The maximum Gasteiger partial charge on any atom is 0.254 e. The molecule has 7 nitrogen and oxygen atoms in total. The van der Waals surface area contributed by atoms with Crippen LogP contribution in [0.5, 0.6) is 0 Å². The number of nitrogens with zero attached hydrogens (tertiary/aromatic N) is 6. The van der Waals surface area contributed by atoms with Gasteiger partial charge in [0.05, 0.1) is 5.69 Å². The molecular formula is C28H34N6O. The first-order chi connectivity index (χ1) is 17.0. The summed E-state index contributed by atoms with van der Waals surface area (Å²) in [6, 6.07) is 8.61. The van der Waals surface area contributed by atoms with Crippen LogP contribution >= 0.6 is 0 Å². The second kappa shape index (κ2) is 7.72. The molecule has 182 valence electrons. The first-order valence-electron chi connectivity index (χ1n) is 13.0. The predicted octanol–water partition coefficient (Wildman–Crippen LogP) is 3.27. The van der Waals surface area contributed by atoms with E-state index in [1.54, 1.807) is 0 Å². The Morgan fingerprint density at radius 1 is 1.06 bits per heavy atom. The van der Waals surface area contributed by atoms with Crippen LogP contribution in [0, 0.1) is 18.3 Å². The summed E-state index contributed by atoms with van der Waals surface area (Å²) >= 11 is 0. The van der Waals surface area contributed by atoms with Gasteiger partial charge in [0.25, 0.3) is 5.91 Å². The third-order valence-corrected chi connectivity index (χ3v) is 8.87. The van der Waals surface area contributed by atoms with Gasteiger partial charge < -0.3 is 19.1 Å². The number of benzene rings is 1. The fourth-order valence-corrected chi connectivity index (χ4v) is 7.06. The molecule has 5 heterocycles.